The highest BCUT2D eigenvalue weighted by Crippen LogP contribution is 2.29. The predicted molar refractivity (Wildman–Crippen MR) is 107 cm³/mol. The minimum Gasteiger partial charge on any atom is -0.489 e. The number of fused-ring (bicyclic) bond motifs is 1. The summed E-state index contributed by atoms with van der Waals surface area (Å²) in [4.78, 5) is 14.9. The molecule has 4 rings (SSSR count). The second-order valence-corrected chi connectivity index (χ2v) is 7.10. The first-order chi connectivity index (χ1) is 13.6. The van der Waals surface area contributed by atoms with Crippen LogP contribution in [0, 0.1) is 12.7 Å². The van der Waals surface area contributed by atoms with E-state index in [9.17, 15) is 9.18 Å². The normalized spacial score (nSPS) is 13.4. The van der Waals surface area contributed by atoms with Crippen molar-refractivity contribution in [3.63, 3.8) is 0 Å². The monoisotopic (exact) mass is 375 g/mol. The van der Waals surface area contributed by atoms with Crippen molar-refractivity contribution < 1.29 is 13.9 Å². The van der Waals surface area contributed by atoms with Gasteiger partial charge in [-0.15, -0.1) is 0 Å². The minimum absolute atomic E-state index is 0.0386. The summed E-state index contributed by atoms with van der Waals surface area (Å²) in [7, 11) is 0. The number of halogens is 1. The lowest BCUT2D eigenvalue weighted by molar-refractivity contribution is 0.0725. The molecule has 28 heavy (non-hydrogen) atoms. The molecule has 0 saturated heterocycles. The summed E-state index contributed by atoms with van der Waals surface area (Å²) in [6.45, 7) is 3.69. The molecule has 0 fully saturated rings. The van der Waals surface area contributed by atoms with E-state index in [1.54, 1.807) is 12.1 Å². The maximum absolute atomic E-state index is 13.1. The highest BCUT2D eigenvalue weighted by atomic mass is 19.1. The summed E-state index contributed by atoms with van der Waals surface area (Å²) in [6.07, 6.45) is 0.756. The summed E-state index contributed by atoms with van der Waals surface area (Å²) in [5.74, 6) is 0.502. The highest BCUT2D eigenvalue weighted by Gasteiger charge is 2.26. The maximum Gasteiger partial charge on any atom is 0.254 e. The number of hydrogen-bond donors (Lipinski definition) is 0. The molecule has 3 aromatic carbocycles. The Bertz CT molecular complexity index is 998. The number of nitrogens with zero attached hydrogens (tertiary/aromatic N) is 1. The second kappa shape index (κ2) is 7.85. The number of amides is 1. The molecule has 1 aliphatic heterocycles. The smallest absolute Gasteiger partial charge is 0.254 e. The van der Waals surface area contributed by atoms with Crippen LogP contribution in [0.25, 0.3) is 0 Å². The number of aryl methyl sites for hydroxylation is 1. The molecule has 1 aliphatic rings. The molecule has 0 saturated carbocycles. The van der Waals surface area contributed by atoms with Crippen LogP contribution >= 0.6 is 0 Å². The van der Waals surface area contributed by atoms with Gasteiger partial charge in [0, 0.05) is 24.2 Å². The average molecular weight is 375 g/mol. The van der Waals surface area contributed by atoms with Crippen LogP contribution in [0.2, 0.25) is 0 Å². The van der Waals surface area contributed by atoms with E-state index in [-0.39, 0.29) is 11.7 Å². The molecule has 1 heterocycles. The van der Waals surface area contributed by atoms with Crippen molar-refractivity contribution in [2.75, 3.05) is 6.54 Å². The van der Waals surface area contributed by atoms with Crippen LogP contribution in [0.5, 0.6) is 5.75 Å². The van der Waals surface area contributed by atoms with Crippen LogP contribution in [0.3, 0.4) is 0 Å². The van der Waals surface area contributed by atoms with Gasteiger partial charge in [0.2, 0.25) is 0 Å². The topological polar surface area (TPSA) is 29.5 Å². The molecule has 142 valence electrons. The first kappa shape index (κ1) is 18.2. The molecule has 1 amide bonds. The Kier molecular flexibility index (Phi) is 5.11. The second-order valence-electron chi connectivity index (χ2n) is 7.10. The summed E-state index contributed by atoms with van der Waals surface area (Å²) >= 11 is 0. The summed E-state index contributed by atoms with van der Waals surface area (Å²) in [6, 6.07) is 20.0. The molecule has 0 N–H and O–H groups in total. The first-order valence-electron chi connectivity index (χ1n) is 9.45. The molecular formula is C24H22FNO2. The Morgan fingerprint density at radius 2 is 1.79 bits per heavy atom. The third-order valence-electron chi connectivity index (χ3n) is 5.21. The summed E-state index contributed by atoms with van der Waals surface area (Å²) in [5, 5.41) is 0. The van der Waals surface area contributed by atoms with E-state index in [0.717, 1.165) is 23.3 Å². The molecule has 4 heteroatoms. The SMILES string of the molecule is Cc1ccccc1CN1CCc2c(OCc3ccc(F)cc3)cccc2C1=O. The molecule has 0 aromatic heterocycles. The quantitative estimate of drug-likeness (QED) is 0.634. The van der Waals surface area contributed by atoms with Crippen LogP contribution in [0.1, 0.15) is 32.6 Å². The molecular weight excluding hydrogens is 353 g/mol. The van der Waals surface area contributed by atoms with Gasteiger partial charge in [-0.3, -0.25) is 4.79 Å². The molecule has 0 atom stereocenters. The van der Waals surface area contributed by atoms with Crippen molar-refractivity contribution >= 4 is 5.91 Å². The zero-order valence-corrected chi connectivity index (χ0v) is 15.8. The zero-order valence-electron chi connectivity index (χ0n) is 15.8. The van der Waals surface area contributed by atoms with Gasteiger partial charge < -0.3 is 9.64 Å². The third-order valence-corrected chi connectivity index (χ3v) is 5.21. The van der Waals surface area contributed by atoms with Crippen LogP contribution in [-0.2, 0) is 19.6 Å². The van der Waals surface area contributed by atoms with Crippen molar-refractivity contribution in [2.45, 2.75) is 26.5 Å². The Morgan fingerprint density at radius 1 is 1.00 bits per heavy atom. The lowest BCUT2D eigenvalue weighted by atomic mass is 9.97. The van der Waals surface area contributed by atoms with Crippen LogP contribution in [0.4, 0.5) is 4.39 Å². The van der Waals surface area contributed by atoms with Gasteiger partial charge in [-0.1, -0.05) is 42.5 Å². The van der Waals surface area contributed by atoms with Gasteiger partial charge in [0.1, 0.15) is 18.2 Å². The molecule has 0 spiro atoms. The van der Waals surface area contributed by atoms with Crippen LogP contribution in [0.15, 0.2) is 66.7 Å². The zero-order chi connectivity index (χ0) is 19.5. The van der Waals surface area contributed by atoms with E-state index >= 15 is 0 Å². The fraction of sp³-hybridized carbons (Fsp3) is 0.208. The number of carbonyl (C=O) groups is 1. The molecule has 0 unspecified atom stereocenters. The molecule has 3 aromatic rings. The lowest BCUT2D eigenvalue weighted by Crippen LogP contribution is -2.37. The predicted octanol–water partition coefficient (Wildman–Crippen LogP) is 4.91. The number of ether oxygens (including phenoxy) is 1. The van der Waals surface area contributed by atoms with Gasteiger partial charge in [-0.25, -0.2) is 4.39 Å². The van der Waals surface area contributed by atoms with E-state index in [4.69, 9.17) is 4.74 Å². The Balaban J connectivity index is 1.51. The molecule has 3 nitrogen and oxygen atoms in total. The average Bonchev–Trinajstić information content (AvgIpc) is 2.71. The van der Waals surface area contributed by atoms with Crippen molar-refractivity contribution in [2.24, 2.45) is 0 Å². The van der Waals surface area contributed by atoms with Gasteiger partial charge in [0.05, 0.1) is 0 Å². The minimum atomic E-state index is -0.264. The van der Waals surface area contributed by atoms with Gasteiger partial charge in [0.15, 0.2) is 0 Å². The van der Waals surface area contributed by atoms with Crippen molar-refractivity contribution in [3.8, 4) is 5.75 Å². The summed E-state index contributed by atoms with van der Waals surface area (Å²) < 4.78 is 19.0. The Labute approximate surface area is 164 Å². The Morgan fingerprint density at radius 3 is 2.57 bits per heavy atom. The number of carbonyl (C=O) groups excluding carboxylic acids is 1. The number of hydrogen-bond acceptors (Lipinski definition) is 2. The first-order valence-corrected chi connectivity index (χ1v) is 9.45. The van der Waals surface area contributed by atoms with Crippen molar-refractivity contribution in [1.82, 2.24) is 4.90 Å². The highest BCUT2D eigenvalue weighted by molar-refractivity contribution is 5.97. The van der Waals surface area contributed by atoms with Gasteiger partial charge in [-0.05, 0) is 54.3 Å². The van der Waals surface area contributed by atoms with Gasteiger partial charge in [0.25, 0.3) is 5.91 Å². The number of rotatable bonds is 5. The molecule has 0 radical (unpaired) electrons. The largest absolute Gasteiger partial charge is 0.489 e. The fourth-order valence-corrected chi connectivity index (χ4v) is 3.56. The molecule has 0 bridgehead atoms. The summed E-state index contributed by atoms with van der Waals surface area (Å²) in [5.41, 5.74) is 4.91. The van der Waals surface area contributed by atoms with Gasteiger partial charge >= 0.3 is 0 Å². The van der Waals surface area contributed by atoms with Crippen molar-refractivity contribution in [1.29, 1.82) is 0 Å². The van der Waals surface area contributed by atoms with E-state index in [2.05, 4.69) is 19.1 Å². The van der Waals surface area contributed by atoms with Crippen LogP contribution in [-0.4, -0.2) is 17.4 Å². The van der Waals surface area contributed by atoms with E-state index in [1.807, 2.05) is 35.2 Å². The fourth-order valence-electron chi connectivity index (χ4n) is 3.56. The van der Waals surface area contributed by atoms with Crippen LogP contribution < -0.4 is 4.74 Å². The lowest BCUT2D eigenvalue weighted by Gasteiger charge is -2.30. The third kappa shape index (κ3) is 3.77. The van der Waals surface area contributed by atoms with E-state index in [0.29, 0.717) is 25.3 Å². The van der Waals surface area contributed by atoms with Crippen molar-refractivity contribution in [3.05, 3.63) is 100 Å². The Hall–Kier alpha value is -3.14. The molecule has 0 aliphatic carbocycles. The standard InChI is InChI=1S/C24H22FNO2/c1-17-5-2-3-6-19(17)15-26-14-13-21-22(24(26)27)7-4-8-23(21)28-16-18-9-11-20(25)12-10-18/h2-12H,13-16H2,1H3. The van der Waals surface area contributed by atoms with E-state index in [1.165, 1.54) is 23.3 Å². The number of benzene rings is 3. The van der Waals surface area contributed by atoms with Gasteiger partial charge in [-0.2, -0.15) is 0 Å². The maximum atomic E-state index is 13.1. The van der Waals surface area contributed by atoms with E-state index < -0.39 is 0 Å².